The Kier molecular flexibility index (Phi) is 5.06. The maximum Gasteiger partial charge on any atom is 0.316 e. The Morgan fingerprint density at radius 1 is 1.19 bits per heavy atom. The molecular weight excluding hydrogens is 377 g/mol. The third-order valence-corrected chi connectivity index (χ3v) is 3.91. The second kappa shape index (κ2) is 6.80. The molecule has 2 aromatic carbocycles. The lowest BCUT2D eigenvalue weighted by atomic mass is 10.1. The van der Waals surface area contributed by atoms with Gasteiger partial charge < -0.3 is 16.4 Å². The smallest absolute Gasteiger partial charge is 0.316 e. The van der Waals surface area contributed by atoms with Crippen molar-refractivity contribution in [1.29, 1.82) is 0 Å². The number of nitrogens with one attached hydrogen (secondary N) is 2. The number of primary amides is 1. The Balaban J connectivity index is 2.09. The molecule has 0 bridgehead atoms. The van der Waals surface area contributed by atoms with Crippen molar-refractivity contribution in [3.8, 4) is 0 Å². The van der Waals surface area contributed by atoms with E-state index in [4.69, 9.17) is 5.73 Å². The standard InChI is InChI=1S/C16H18IN3O/c1-10-9-13(17)5-8-15(10)19-11(2)12-3-6-14(7-4-12)20-16(18)21/h3-9,11,19H,1-2H3,(H3,18,20,21). The summed E-state index contributed by atoms with van der Waals surface area (Å²) in [6.07, 6.45) is 0. The second-order valence-corrected chi connectivity index (χ2v) is 6.18. The van der Waals surface area contributed by atoms with E-state index in [9.17, 15) is 4.79 Å². The van der Waals surface area contributed by atoms with E-state index in [1.807, 2.05) is 24.3 Å². The van der Waals surface area contributed by atoms with Crippen LogP contribution in [0, 0.1) is 10.5 Å². The molecular formula is C16H18IN3O. The van der Waals surface area contributed by atoms with Crippen LogP contribution in [-0.2, 0) is 0 Å². The van der Waals surface area contributed by atoms with E-state index >= 15 is 0 Å². The van der Waals surface area contributed by atoms with Crippen LogP contribution in [0.3, 0.4) is 0 Å². The van der Waals surface area contributed by atoms with Crippen molar-refractivity contribution in [2.45, 2.75) is 19.9 Å². The maximum absolute atomic E-state index is 10.8. The number of urea groups is 1. The van der Waals surface area contributed by atoms with Gasteiger partial charge in [0.15, 0.2) is 0 Å². The largest absolute Gasteiger partial charge is 0.378 e. The molecule has 110 valence electrons. The summed E-state index contributed by atoms with van der Waals surface area (Å²) in [6, 6.07) is 13.6. The highest BCUT2D eigenvalue weighted by molar-refractivity contribution is 14.1. The summed E-state index contributed by atoms with van der Waals surface area (Å²) in [5, 5.41) is 6.05. The molecule has 0 aliphatic rings. The van der Waals surface area contributed by atoms with Gasteiger partial charge in [-0.05, 0) is 77.9 Å². The summed E-state index contributed by atoms with van der Waals surface area (Å²) in [4.78, 5) is 10.8. The normalized spacial score (nSPS) is 11.8. The first-order chi connectivity index (χ1) is 9.95. The number of nitrogens with two attached hydrogens (primary N) is 1. The molecule has 5 heteroatoms. The molecule has 0 aliphatic carbocycles. The van der Waals surface area contributed by atoms with Crippen LogP contribution in [-0.4, -0.2) is 6.03 Å². The number of hydrogen-bond donors (Lipinski definition) is 3. The minimum Gasteiger partial charge on any atom is -0.378 e. The van der Waals surface area contributed by atoms with Crippen LogP contribution in [0.4, 0.5) is 16.2 Å². The van der Waals surface area contributed by atoms with Crippen LogP contribution in [0.1, 0.15) is 24.1 Å². The first-order valence-electron chi connectivity index (χ1n) is 6.65. The average Bonchev–Trinajstić information content (AvgIpc) is 2.42. The number of carbonyl (C=O) groups is 1. The number of hydrogen-bond acceptors (Lipinski definition) is 2. The fourth-order valence-corrected chi connectivity index (χ4v) is 2.75. The van der Waals surface area contributed by atoms with E-state index < -0.39 is 6.03 Å². The third kappa shape index (κ3) is 4.35. The van der Waals surface area contributed by atoms with Crippen molar-refractivity contribution >= 4 is 40.0 Å². The lowest BCUT2D eigenvalue weighted by Crippen LogP contribution is -2.19. The monoisotopic (exact) mass is 395 g/mol. The minimum absolute atomic E-state index is 0.173. The molecule has 1 unspecified atom stereocenters. The molecule has 21 heavy (non-hydrogen) atoms. The van der Waals surface area contributed by atoms with E-state index in [0.29, 0.717) is 5.69 Å². The summed E-state index contributed by atoms with van der Waals surface area (Å²) in [5.74, 6) is 0. The van der Waals surface area contributed by atoms with Crippen molar-refractivity contribution in [2.75, 3.05) is 10.6 Å². The fraction of sp³-hybridized carbons (Fsp3) is 0.188. The lowest BCUT2D eigenvalue weighted by molar-refractivity contribution is 0.259. The highest BCUT2D eigenvalue weighted by atomic mass is 127. The Labute approximate surface area is 138 Å². The van der Waals surface area contributed by atoms with Crippen molar-refractivity contribution in [3.05, 3.63) is 57.2 Å². The molecule has 1 atom stereocenters. The summed E-state index contributed by atoms with van der Waals surface area (Å²) >= 11 is 2.31. The van der Waals surface area contributed by atoms with Gasteiger partial charge in [0.25, 0.3) is 0 Å². The minimum atomic E-state index is -0.552. The number of anilines is 2. The molecule has 0 fully saturated rings. The third-order valence-electron chi connectivity index (χ3n) is 3.24. The predicted octanol–water partition coefficient (Wildman–Crippen LogP) is 4.26. The van der Waals surface area contributed by atoms with Gasteiger partial charge in [0.1, 0.15) is 0 Å². The average molecular weight is 395 g/mol. The zero-order valence-corrected chi connectivity index (χ0v) is 14.1. The Morgan fingerprint density at radius 2 is 1.86 bits per heavy atom. The van der Waals surface area contributed by atoms with Crippen LogP contribution in [0.5, 0.6) is 0 Å². The highest BCUT2D eigenvalue weighted by Crippen LogP contribution is 2.24. The number of rotatable bonds is 4. The van der Waals surface area contributed by atoms with Gasteiger partial charge in [0.05, 0.1) is 0 Å². The zero-order valence-electron chi connectivity index (χ0n) is 12.0. The number of aryl methyl sites for hydroxylation is 1. The lowest BCUT2D eigenvalue weighted by Gasteiger charge is -2.18. The molecule has 0 aliphatic heterocycles. The quantitative estimate of drug-likeness (QED) is 0.678. The predicted molar refractivity (Wildman–Crippen MR) is 95.6 cm³/mol. The molecule has 2 amide bonds. The van der Waals surface area contributed by atoms with Crippen LogP contribution in [0.25, 0.3) is 0 Å². The van der Waals surface area contributed by atoms with Gasteiger partial charge in [0.2, 0.25) is 0 Å². The van der Waals surface area contributed by atoms with Gasteiger partial charge in [-0.15, -0.1) is 0 Å². The van der Waals surface area contributed by atoms with E-state index in [1.165, 1.54) is 9.13 Å². The van der Waals surface area contributed by atoms with Crippen molar-refractivity contribution in [3.63, 3.8) is 0 Å². The van der Waals surface area contributed by atoms with E-state index in [-0.39, 0.29) is 6.04 Å². The summed E-state index contributed by atoms with van der Waals surface area (Å²) in [6.45, 7) is 4.20. The molecule has 0 saturated carbocycles. The first kappa shape index (κ1) is 15.6. The SMILES string of the molecule is Cc1cc(I)ccc1NC(C)c1ccc(NC(N)=O)cc1. The Bertz CT molecular complexity index is 640. The fourth-order valence-electron chi connectivity index (χ4n) is 2.10. The van der Waals surface area contributed by atoms with E-state index in [1.54, 1.807) is 0 Å². The van der Waals surface area contributed by atoms with Gasteiger partial charge >= 0.3 is 6.03 Å². The van der Waals surface area contributed by atoms with Crippen molar-refractivity contribution in [1.82, 2.24) is 0 Å². The number of benzene rings is 2. The van der Waals surface area contributed by atoms with Crippen molar-refractivity contribution < 1.29 is 4.79 Å². The maximum atomic E-state index is 10.8. The molecule has 2 rings (SSSR count). The van der Waals surface area contributed by atoms with Crippen LogP contribution < -0.4 is 16.4 Å². The van der Waals surface area contributed by atoms with Crippen LogP contribution in [0.15, 0.2) is 42.5 Å². The number of amides is 2. The molecule has 0 saturated heterocycles. The molecule has 0 heterocycles. The summed E-state index contributed by atoms with van der Waals surface area (Å²) < 4.78 is 1.23. The van der Waals surface area contributed by atoms with E-state index in [2.05, 4.69) is 65.3 Å². The van der Waals surface area contributed by atoms with Crippen molar-refractivity contribution in [2.24, 2.45) is 5.73 Å². The first-order valence-corrected chi connectivity index (χ1v) is 7.72. The molecule has 2 aromatic rings. The molecule has 0 aromatic heterocycles. The van der Waals surface area contributed by atoms with Gasteiger partial charge in [-0.2, -0.15) is 0 Å². The zero-order chi connectivity index (χ0) is 15.4. The number of halogens is 1. The van der Waals surface area contributed by atoms with Crippen LogP contribution >= 0.6 is 22.6 Å². The van der Waals surface area contributed by atoms with Gasteiger partial charge in [-0.1, -0.05) is 12.1 Å². The highest BCUT2D eigenvalue weighted by Gasteiger charge is 2.07. The van der Waals surface area contributed by atoms with Gasteiger partial charge in [-0.3, -0.25) is 0 Å². The summed E-state index contributed by atoms with van der Waals surface area (Å²) in [5.41, 5.74) is 9.28. The molecule has 0 spiro atoms. The Hall–Kier alpha value is -1.76. The summed E-state index contributed by atoms with van der Waals surface area (Å²) in [7, 11) is 0. The Morgan fingerprint density at radius 3 is 2.43 bits per heavy atom. The topological polar surface area (TPSA) is 67.2 Å². The van der Waals surface area contributed by atoms with Gasteiger partial charge in [-0.25, -0.2) is 4.79 Å². The second-order valence-electron chi connectivity index (χ2n) is 4.94. The van der Waals surface area contributed by atoms with Crippen LogP contribution in [0.2, 0.25) is 0 Å². The number of carbonyl (C=O) groups excluding carboxylic acids is 1. The van der Waals surface area contributed by atoms with Gasteiger partial charge in [0, 0.05) is 21.0 Å². The van der Waals surface area contributed by atoms with E-state index in [0.717, 1.165) is 11.3 Å². The molecule has 4 N–H and O–H groups in total. The molecule has 4 nitrogen and oxygen atoms in total. The molecule has 0 radical (unpaired) electrons.